The molecule has 1 aliphatic heterocycles. The standard InChI is InChI=1S/C17H20N4O3/c1-17(2,3)21(14-10-18-11-19-14)16(23)24-15(22)20-9-8-12-6-4-5-7-13(12)20/h4-7,10-11H,8-9H2,1-3H3,(H,18,19). The zero-order valence-corrected chi connectivity index (χ0v) is 13.9. The Labute approximate surface area is 140 Å². The second kappa shape index (κ2) is 5.99. The Kier molecular flexibility index (Phi) is 4.01. The number of aromatic amines is 1. The molecule has 7 nitrogen and oxygen atoms in total. The third-order valence-electron chi connectivity index (χ3n) is 3.86. The van der Waals surface area contributed by atoms with E-state index in [-0.39, 0.29) is 0 Å². The molecule has 0 aliphatic carbocycles. The smallest absolute Gasteiger partial charge is 0.359 e. The number of carbonyl (C=O) groups excluding carboxylic acids is 2. The molecule has 1 aliphatic rings. The number of rotatable bonds is 1. The van der Waals surface area contributed by atoms with Crippen LogP contribution in [0.15, 0.2) is 36.8 Å². The number of hydrogen-bond donors (Lipinski definition) is 1. The first-order chi connectivity index (χ1) is 11.4. The maximum atomic E-state index is 12.6. The Balaban J connectivity index is 1.78. The van der Waals surface area contributed by atoms with Crippen LogP contribution in [0.2, 0.25) is 0 Å². The summed E-state index contributed by atoms with van der Waals surface area (Å²) in [5.74, 6) is 0.474. The van der Waals surface area contributed by atoms with Crippen molar-refractivity contribution < 1.29 is 14.3 Å². The highest BCUT2D eigenvalue weighted by Gasteiger charge is 2.34. The molecule has 0 saturated heterocycles. The number of fused-ring (bicyclic) bond motifs is 1. The fourth-order valence-corrected chi connectivity index (χ4v) is 2.81. The second-order valence-electron chi connectivity index (χ2n) is 6.61. The van der Waals surface area contributed by atoms with Crippen molar-refractivity contribution in [1.29, 1.82) is 0 Å². The number of hydrogen-bond acceptors (Lipinski definition) is 4. The molecule has 126 valence electrons. The number of imidazole rings is 1. The highest BCUT2D eigenvalue weighted by molar-refractivity contribution is 6.00. The van der Waals surface area contributed by atoms with Gasteiger partial charge in [0.2, 0.25) is 0 Å². The highest BCUT2D eigenvalue weighted by atomic mass is 16.6. The number of ether oxygens (including phenoxy) is 1. The second-order valence-corrected chi connectivity index (χ2v) is 6.61. The van der Waals surface area contributed by atoms with E-state index in [1.54, 1.807) is 0 Å². The number of H-pyrrole nitrogens is 1. The van der Waals surface area contributed by atoms with Crippen LogP contribution in [0.4, 0.5) is 21.1 Å². The lowest BCUT2D eigenvalue weighted by atomic mass is 10.1. The Bertz CT molecular complexity index is 749. The molecule has 2 aromatic rings. The number of nitrogens with one attached hydrogen (secondary N) is 1. The van der Waals surface area contributed by atoms with Crippen LogP contribution in [0.25, 0.3) is 0 Å². The molecular weight excluding hydrogens is 308 g/mol. The molecule has 0 radical (unpaired) electrons. The first kappa shape index (κ1) is 16.0. The molecule has 0 atom stereocenters. The maximum absolute atomic E-state index is 12.6. The number of nitrogens with zero attached hydrogens (tertiary/aromatic N) is 3. The summed E-state index contributed by atoms with van der Waals surface area (Å²) in [7, 11) is 0. The van der Waals surface area contributed by atoms with E-state index in [1.165, 1.54) is 22.3 Å². The van der Waals surface area contributed by atoms with Crippen LogP contribution in [0.3, 0.4) is 0 Å². The molecule has 1 aromatic carbocycles. The Morgan fingerprint density at radius 2 is 2.04 bits per heavy atom. The van der Waals surface area contributed by atoms with Crippen LogP contribution in [0.1, 0.15) is 26.3 Å². The van der Waals surface area contributed by atoms with Crippen molar-refractivity contribution in [2.75, 3.05) is 16.3 Å². The molecule has 0 spiro atoms. The summed E-state index contributed by atoms with van der Waals surface area (Å²) in [5, 5.41) is 0. The fraction of sp³-hybridized carbons (Fsp3) is 0.353. The summed E-state index contributed by atoms with van der Waals surface area (Å²) >= 11 is 0. The van der Waals surface area contributed by atoms with Crippen molar-refractivity contribution in [2.24, 2.45) is 0 Å². The van der Waals surface area contributed by atoms with E-state index in [0.717, 1.165) is 17.7 Å². The lowest BCUT2D eigenvalue weighted by molar-refractivity contribution is 0.156. The van der Waals surface area contributed by atoms with E-state index < -0.39 is 17.7 Å². The molecule has 2 amide bonds. The molecule has 3 rings (SSSR count). The van der Waals surface area contributed by atoms with Gasteiger partial charge in [0.25, 0.3) is 0 Å². The van der Waals surface area contributed by atoms with Gasteiger partial charge >= 0.3 is 12.2 Å². The Hall–Kier alpha value is -2.83. The van der Waals surface area contributed by atoms with Crippen molar-refractivity contribution in [3.63, 3.8) is 0 Å². The van der Waals surface area contributed by atoms with Crippen LogP contribution >= 0.6 is 0 Å². The van der Waals surface area contributed by atoms with Gasteiger partial charge in [-0.2, -0.15) is 0 Å². The predicted molar refractivity (Wildman–Crippen MR) is 90.2 cm³/mol. The molecular formula is C17H20N4O3. The van der Waals surface area contributed by atoms with Crippen molar-refractivity contribution >= 4 is 23.7 Å². The number of aromatic nitrogens is 2. The van der Waals surface area contributed by atoms with Gasteiger partial charge in [0.05, 0.1) is 18.2 Å². The summed E-state index contributed by atoms with van der Waals surface area (Å²) in [4.78, 5) is 34.7. The van der Waals surface area contributed by atoms with Gasteiger partial charge in [-0.1, -0.05) is 18.2 Å². The van der Waals surface area contributed by atoms with E-state index >= 15 is 0 Å². The highest BCUT2D eigenvalue weighted by Crippen LogP contribution is 2.29. The van der Waals surface area contributed by atoms with E-state index in [4.69, 9.17) is 4.74 Å². The minimum atomic E-state index is -0.735. The molecule has 24 heavy (non-hydrogen) atoms. The normalized spacial score (nSPS) is 13.5. The largest absolute Gasteiger partial charge is 0.425 e. The maximum Gasteiger partial charge on any atom is 0.425 e. The molecule has 7 heteroatoms. The number of para-hydroxylation sites is 1. The first-order valence-electron chi connectivity index (χ1n) is 7.78. The van der Waals surface area contributed by atoms with Crippen molar-refractivity contribution in [3.8, 4) is 0 Å². The third kappa shape index (κ3) is 2.97. The van der Waals surface area contributed by atoms with E-state index in [9.17, 15) is 9.59 Å². The average molecular weight is 328 g/mol. The molecule has 0 fully saturated rings. The van der Waals surface area contributed by atoms with E-state index in [1.807, 2.05) is 45.0 Å². The van der Waals surface area contributed by atoms with Gasteiger partial charge in [-0.3, -0.25) is 9.80 Å². The van der Waals surface area contributed by atoms with Gasteiger partial charge in [-0.15, -0.1) is 0 Å². The van der Waals surface area contributed by atoms with Gasteiger partial charge in [-0.05, 0) is 38.8 Å². The molecule has 0 bridgehead atoms. The van der Waals surface area contributed by atoms with Gasteiger partial charge in [-0.25, -0.2) is 14.6 Å². The lowest BCUT2D eigenvalue weighted by Crippen LogP contribution is -2.48. The molecule has 0 saturated carbocycles. The monoisotopic (exact) mass is 328 g/mol. The average Bonchev–Trinajstić information content (AvgIpc) is 3.14. The molecule has 1 aromatic heterocycles. The number of anilines is 2. The summed E-state index contributed by atoms with van der Waals surface area (Å²) < 4.78 is 5.13. The van der Waals surface area contributed by atoms with Crippen molar-refractivity contribution in [1.82, 2.24) is 9.97 Å². The van der Waals surface area contributed by atoms with Gasteiger partial charge in [0, 0.05) is 12.1 Å². The quantitative estimate of drug-likeness (QED) is 0.814. The van der Waals surface area contributed by atoms with Gasteiger partial charge in [0.1, 0.15) is 5.82 Å². The van der Waals surface area contributed by atoms with Crippen LogP contribution in [-0.4, -0.2) is 34.2 Å². The predicted octanol–water partition coefficient (Wildman–Crippen LogP) is 3.33. The van der Waals surface area contributed by atoms with Crippen LogP contribution < -0.4 is 9.80 Å². The SMILES string of the molecule is CC(C)(C)N(C(=O)OC(=O)N1CCc2ccccc21)c1cnc[nH]1. The Morgan fingerprint density at radius 1 is 1.29 bits per heavy atom. The van der Waals surface area contributed by atoms with Crippen LogP contribution in [0, 0.1) is 0 Å². The zero-order valence-electron chi connectivity index (χ0n) is 13.9. The molecule has 0 unspecified atom stereocenters. The minimum absolute atomic E-state index is 0.474. The Morgan fingerprint density at radius 3 is 2.71 bits per heavy atom. The summed E-state index contributed by atoms with van der Waals surface area (Å²) in [6.45, 7) is 6.06. The van der Waals surface area contributed by atoms with Crippen LogP contribution in [-0.2, 0) is 11.2 Å². The summed E-state index contributed by atoms with van der Waals surface area (Å²) in [6.07, 6.45) is 2.34. The van der Waals surface area contributed by atoms with Crippen LogP contribution in [0.5, 0.6) is 0 Å². The number of benzene rings is 1. The number of carbonyl (C=O) groups is 2. The first-order valence-corrected chi connectivity index (χ1v) is 7.78. The van der Waals surface area contributed by atoms with E-state index in [0.29, 0.717) is 12.4 Å². The zero-order chi connectivity index (χ0) is 17.3. The van der Waals surface area contributed by atoms with Gasteiger partial charge in [0.15, 0.2) is 0 Å². The third-order valence-corrected chi connectivity index (χ3v) is 3.86. The summed E-state index contributed by atoms with van der Waals surface area (Å²) in [6, 6.07) is 7.61. The topological polar surface area (TPSA) is 78.5 Å². The fourth-order valence-electron chi connectivity index (χ4n) is 2.81. The minimum Gasteiger partial charge on any atom is -0.359 e. The van der Waals surface area contributed by atoms with Crippen molar-refractivity contribution in [2.45, 2.75) is 32.7 Å². The molecule has 2 heterocycles. The lowest BCUT2D eigenvalue weighted by Gasteiger charge is -2.33. The van der Waals surface area contributed by atoms with E-state index in [2.05, 4.69) is 9.97 Å². The molecule has 1 N–H and O–H groups in total. The van der Waals surface area contributed by atoms with Gasteiger partial charge < -0.3 is 9.72 Å². The summed E-state index contributed by atoms with van der Waals surface area (Å²) in [5.41, 5.74) is 1.29. The van der Waals surface area contributed by atoms with Crippen molar-refractivity contribution in [3.05, 3.63) is 42.4 Å². The number of amides is 2.